The Morgan fingerprint density at radius 2 is 2.20 bits per heavy atom. The van der Waals surface area contributed by atoms with Crippen LogP contribution in [-0.4, -0.2) is 38.6 Å². The molecule has 0 radical (unpaired) electrons. The number of carbonyl (C=O) groups is 2. The quantitative estimate of drug-likeness (QED) is 0.557. The average Bonchev–Trinajstić information content (AvgIpc) is 3.14. The molecule has 1 aromatic carbocycles. The first-order valence-corrected chi connectivity index (χ1v) is 7.85. The average molecular weight is 337 g/mol. The number of H-pyrrole nitrogens is 1. The van der Waals surface area contributed by atoms with E-state index in [9.17, 15) is 9.59 Å². The number of anilines is 1. The number of aromatic amines is 1. The summed E-state index contributed by atoms with van der Waals surface area (Å²) in [7, 11) is 0. The fourth-order valence-electron chi connectivity index (χ4n) is 2.97. The third-order valence-electron chi connectivity index (χ3n) is 4.36. The molecule has 1 aliphatic rings. The van der Waals surface area contributed by atoms with Crippen molar-refractivity contribution in [3.8, 4) is 11.5 Å². The molecule has 1 amide bonds. The van der Waals surface area contributed by atoms with Crippen LogP contribution in [0, 0.1) is 0 Å². The van der Waals surface area contributed by atoms with Gasteiger partial charge in [-0.25, -0.2) is 4.98 Å². The molecule has 0 fully saturated rings. The van der Waals surface area contributed by atoms with Gasteiger partial charge in [-0.1, -0.05) is 0 Å². The lowest BCUT2D eigenvalue weighted by Crippen LogP contribution is -2.40. The van der Waals surface area contributed by atoms with Crippen LogP contribution in [0.25, 0.3) is 22.6 Å². The van der Waals surface area contributed by atoms with Crippen molar-refractivity contribution in [3.05, 3.63) is 36.0 Å². The number of ether oxygens (including phenoxy) is 1. The Morgan fingerprint density at radius 1 is 1.36 bits per heavy atom. The molecule has 3 heterocycles. The van der Waals surface area contributed by atoms with Crippen LogP contribution < -0.4 is 5.32 Å². The first kappa shape index (κ1) is 15.3. The van der Waals surface area contributed by atoms with Gasteiger partial charge in [0.25, 0.3) is 0 Å². The van der Waals surface area contributed by atoms with Gasteiger partial charge in [0.2, 0.25) is 5.91 Å². The number of nitrogens with one attached hydrogen (secondary N) is 2. The summed E-state index contributed by atoms with van der Waals surface area (Å²) in [4.78, 5) is 32.4. The van der Waals surface area contributed by atoms with E-state index in [0.717, 1.165) is 5.52 Å². The fourth-order valence-corrected chi connectivity index (χ4v) is 2.97. The van der Waals surface area contributed by atoms with Crippen LogP contribution >= 0.6 is 0 Å². The predicted molar refractivity (Wildman–Crippen MR) is 89.7 cm³/mol. The van der Waals surface area contributed by atoms with Crippen LogP contribution in [0.1, 0.15) is 19.4 Å². The zero-order valence-electron chi connectivity index (χ0n) is 13.7. The van der Waals surface area contributed by atoms with Gasteiger partial charge in [-0.2, -0.15) is 5.10 Å². The third kappa shape index (κ3) is 2.18. The SMILES string of the molecule is CCOC(=O)C1(C)C(=O)Nc2cc3[nH]c(-c4cccnn4)nc3cc21. The van der Waals surface area contributed by atoms with Crippen LogP contribution in [0.3, 0.4) is 0 Å². The number of hydrogen-bond acceptors (Lipinski definition) is 6. The molecular formula is C17H15N5O3. The molecule has 3 aromatic rings. The predicted octanol–water partition coefficient (Wildman–Crippen LogP) is 1.79. The summed E-state index contributed by atoms with van der Waals surface area (Å²) in [6.07, 6.45) is 1.58. The standard InChI is InChI=1S/C17H15N5O3/c1-3-25-16(24)17(2)9-7-12-13(8-11(9)21-15(17)23)20-14(19-12)10-5-4-6-18-22-10/h4-8H,3H2,1-2H3,(H,19,20)(H,21,23). The molecule has 126 valence electrons. The molecule has 25 heavy (non-hydrogen) atoms. The number of hydrogen-bond donors (Lipinski definition) is 2. The number of fused-ring (bicyclic) bond motifs is 2. The highest BCUT2D eigenvalue weighted by Crippen LogP contribution is 2.40. The zero-order valence-corrected chi connectivity index (χ0v) is 13.7. The summed E-state index contributed by atoms with van der Waals surface area (Å²) in [5, 5.41) is 10.6. The van der Waals surface area contributed by atoms with Crippen LogP contribution in [0.5, 0.6) is 0 Å². The normalized spacial score (nSPS) is 18.9. The van der Waals surface area contributed by atoms with Crippen molar-refractivity contribution in [2.24, 2.45) is 0 Å². The minimum Gasteiger partial charge on any atom is -0.465 e. The van der Waals surface area contributed by atoms with E-state index in [0.29, 0.717) is 28.3 Å². The van der Waals surface area contributed by atoms with E-state index < -0.39 is 17.3 Å². The van der Waals surface area contributed by atoms with Gasteiger partial charge < -0.3 is 15.0 Å². The van der Waals surface area contributed by atoms with Gasteiger partial charge >= 0.3 is 5.97 Å². The molecule has 1 atom stereocenters. The summed E-state index contributed by atoms with van der Waals surface area (Å²) >= 11 is 0. The Morgan fingerprint density at radius 3 is 2.92 bits per heavy atom. The summed E-state index contributed by atoms with van der Waals surface area (Å²) in [5.74, 6) is -0.408. The number of esters is 1. The molecule has 8 nitrogen and oxygen atoms in total. The second-order valence-corrected chi connectivity index (χ2v) is 5.91. The van der Waals surface area contributed by atoms with Crippen LogP contribution in [0.2, 0.25) is 0 Å². The third-order valence-corrected chi connectivity index (χ3v) is 4.36. The highest BCUT2D eigenvalue weighted by atomic mass is 16.5. The Balaban J connectivity index is 1.85. The number of nitrogens with zero attached hydrogens (tertiary/aromatic N) is 3. The maximum atomic E-state index is 12.4. The summed E-state index contributed by atoms with van der Waals surface area (Å²) in [6.45, 7) is 3.48. The molecule has 2 N–H and O–H groups in total. The minimum atomic E-state index is -1.38. The molecule has 4 rings (SSSR count). The molecule has 0 bridgehead atoms. The topological polar surface area (TPSA) is 110 Å². The largest absolute Gasteiger partial charge is 0.465 e. The number of carbonyl (C=O) groups excluding carboxylic acids is 2. The van der Waals surface area contributed by atoms with Crippen molar-refractivity contribution < 1.29 is 14.3 Å². The van der Waals surface area contributed by atoms with Gasteiger partial charge in [-0.3, -0.25) is 9.59 Å². The Kier molecular flexibility index (Phi) is 3.28. The lowest BCUT2D eigenvalue weighted by atomic mass is 9.83. The summed E-state index contributed by atoms with van der Waals surface area (Å²) in [6, 6.07) is 7.06. The highest BCUT2D eigenvalue weighted by molar-refractivity contribution is 6.19. The number of aromatic nitrogens is 4. The highest BCUT2D eigenvalue weighted by Gasteiger charge is 2.50. The van der Waals surface area contributed by atoms with Gasteiger partial charge in [0.05, 0.1) is 17.6 Å². The van der Waals surface area contributed by atoms with E-state index in [-0.39, 0.29) is 6.61 Å². The van der Waals surface area contributed by atoms with Crippen molar-refractivity contribution in [1.82, 2.24) is 20.2 Å². The maximum absolute atomic E-state index is 12.4. The van der Waals surface area contributed by atoms with Gasteiger partial charge in [0.15, 0.2) is 11.2 Å². The van der Waals surface area contributed by atoms with E-state index in [1.54, 1.807) is 44.3 Å². The molecule has 0 saturated heterocycles. The van der Waals surface area contributed by atoms with E-state index >= 15 is 0 Å². The molecule has 8 heteroatoms. The van der Waals surface area contributed by atoms with E-state index in [2.05, 4.69) is 25.5 Å². The van der Waals surface area contributed by atoms with E-state index in [4.69, 9.17) is 4.74 Å². The van der Waals surface area contributed by atoms with Gasteiger partial charge in [0.1, 0.15) is 5.69 Å². The van der Waals surface area contributed by atoms with Gasteiger partial charge in [-0.15, -0.1) is 5.10 Å². The number of imidazole rings is 1. The molecule has 0 spiro atoms. The molecular weight excluding hydrogens is 322 g/mol. The molecule has 1 unspecified atom stereocenters. The van der Waals surface area contributed by atoms with E-state index in [1.165, 1.54) is 0 Å². The molecule has 1 aliphatic heterocycles. The number of rotatable bonds is 3. The van der Waals surface area contributed by atoms with E-state index in [1.807, 2.05) is 0 Å². The molecule has 0 saturated carbocycles. The summed E-state index contributed by atoms with van der Waals surface area (Å²) < 4.78 is 5.10. The Bertz CT molecular complexity index is 998. The van der Waals surface area contributed by atoms with Gasteiger partial charge in [-0.05, 0) is 38.1 Å². The monoisotopic (exact) mass is 337 g/mol. The fraction of sp³-hybridized carbons (Fsp3) is 0.235. The van der Waals surface area contributed by atoms with Crippen LogP contribution in [0.15, 0.2) is 30.5 Å². The van der Waals surface area contributed by atoms with Crippen molar-refractivity contribution in [1.29, 1.82) is 0 Å². The Labute approximate surface area is 142 Å². The van der Waals surface area contributed by atoms with Crippen molar-refractivity contribution in [3.63, 3.8) is 0 Å². The smallest absolute Gasteiger partial charge is 0.326 e. The number of amides is 1. The van der Waals surface area contributed by atoms with Gasteiger partial charge in [0, 0.05) is 17.4 Å². The Hall–Kier alpha value is -3.29. The van der Waals surface area contributed by atoms with Crippen molar-refractivity contribution in [2.75, 3.05) is 11.9 Å². The van der Waals surface area contributed by atoms with Crippen LogP contribution in [-0.2, 0) is 19.7 Å². The lowest BCUT2D eigenvalue weighted by molar-refractivity contribution is -0.152. The summed E-state index contributed by atoms with van der Waals surface area (Å²) in [5.41, 5.74) is 1.71. The van der Waals surface area contributed by atoms with Crippen molar-refractivity contribution >= 4 is 28.6 Å². The molecule has 0 aliphatic carbocycles. The second-order valence-electron chi connectivity index (χ2n) is 5.91. The zero-order chi connectivity index (χ0) is 17.6. The molecule has 2 aromatic heterocycles. The van der Waals surface area contributed by atoms with Crippen LogP contribution in [0.4, 0.5) is 5.69 Å². The first-order valence-electron chi connectivity index (χ1n) is 7.85. The first-order chi connectivity index (χ1) is 12.0. The van der Waals surface area contributed by atoms with Crippen molar-refractivity contribution in [2.45, 2.75) is 19.3 Å². The minimum absolute atomic E-state index is 0.207. The second kappa shape index (κ2) is 5.37. The maximum Gasteiger partial charge on any atom is 0.326 e. The lowest BCUT2D eigenvalue weighted by Gasteiger charge is -2.19. The number of benzene rings is 1.